The van der Waals surface area contributed by atoms with Crippen LogP contribution in [0.5, 0.6) is 0 Å². The van der Waals surface area contributed by atoms with Crippen LogP contribution in [0.1, 0.15) is 37.2 Å². The third-order valence-electron chi connectivity index (χ3n) is 4.33. The molecule has 1 amide bonds. The first kappa shape index (κ1) is 16.2. The monoisotopic (exact) mass is 321 g/mol. The van der Waals surface area contributed by atoms with Gasteiger partial charge in [0.25, 0.3) is 5.91 Å². The second-order valence-corrected chi connectivity index (χ2v) is 6.07. The van der Waals surface area contributed by atoms with Crippen LogP contribution in [0.25, 0.3) is 0 Å². The van der Waals surface area contributed by atoms with Crippen LogP contribution in [0.15, 0.2) is 65.8 Å². The minimum absolute atomic E-state index is 0.122. The van der Waals surface area contributed by atoms with Gasteiger partial charge in [-0.25, -0.2) is 5.43 Å². The summed E-state index contributed by atoms with van der Waals surface area (Å²) in [5.74, 6) is 0.200. The highest BCUT2D eigenvalue weighted by Gasteiger charge is 2.22. The molecular weight excluding hydrogens is 298 g/mol. The maximum absolute atomic E-state index is 12.0. The van der Waals surface area contributed by atoms with Gasteiger partial charge >= 0.3 is 0 Å². The van der Waals surface area contributed by atoms with E-state index in [0.717, 1.165) is 30.7 Å². The van der Waals surface area contributed by atoms with E-state index in [2.05, 4.69) is 40.1 Å². The number of hydrazone groups is 1. The maximum Gasteiger partial charge on any atom is 0.259 e. The Morgan fingerprint density at radius 3 is 2.46 bits per heavy atom. The van der Waals surface area contributed by atoms with Crippen LogP contribution in [0.3, 0.4) is 0 Å². The topological polar surface area (TPSA) is 53.5 Å². The van der Waals surface area contributed by atoms with E-state index < -0.39 is 0 Å². The van der Waals surface area contributed by atoms with Gasteiger partial charge in [-0.2, -0.15) is 5.10 Å². The Kier molecular flexibility index (Phi) is 5.61. The van der Waals surface area contributed by atoms with Crippen LogP contribution in [0.2, 0.25) is 0 Å². The van der Waals surface area contributed by atoms with Crippen molar-refractivity contribution in [1.29, 1.82) is 0 Å². The molecule has 0 spiro atoms. The van der Waals surface area contributed by atoms with Crippen molar-refractivity contribution in [2.24, 2.45) is 5.10 Å². The fraction of sp³-hybridized carbons (Fsp3) is 0.300. The summed E-state index contributed by atoms with van der Waals surface area (Å²) in [5, 5.41) is 7.52. The number of rotatable bonds is 5. The fourth-order valence-electron chi connectivity index (χ4n) is 3.09. The molecule has 2 aromatic rings. The number of nitrogens with one attached hydrogen (secondary N) is 2. The summed E-state index contributed by atoms with van der Waals surface area (Å²) in [4.78, 5) is 12.0. The molecule has 4 nitrogen and oxygen atoms in total. The van der Waals surface area contributed by atoms with Gasteiger partial charge in [0.1, 0.15) is 0 Å². The number of carbonyl (C=O) groups excluding carboxylic acids is 1. The molecule has 1 atom stereocenters. The number of para-hydroxylation sites is 1. The van der Waals surface area contributed by atoms with Gasteiger partial charge in [0.05, 0.1) is 6.54 Å². The zero-order valence-corrected chi connectivity index (χ0v) is 13.7. The second-order valence-electron chi connectivity index (χ2n) is 6.07. The van der Waals surface area contributed by atoms with Crippen LogP contribution < -0.4 is 10.7 Å². The van der Waals surface area contributed by atoms with Crippen LogP contribution in [0.4, 0.5) is 5.69 Å². The second kappa shape index (κ2) is 8.29. The highest BCUT2D eigenvalue weighted by Crippen LogP contribution is 2.30. The van der Waals surface area contributed by atoms with Gasteiger partial charge in [0, 0.05) is 17.3 Å². The first-order valence-electron chi connectivity index (χ1n) is 8.52. The van der Waals surface area contributed by atoms with E-state index in [-0.39, 0.29) is 12.5 Å². The fourth-order valence-corrected chi connectivity index (χ4v) is 3.09. The number of nitrogens with zero attached hydrogens (tertiary/aromatic N) is 1. The average Bonchev–Trinajstić information content (AvgIpc) is 2.66. The van der Waals surface area contributed by atoms with E-state index in [0.29, 0.717) is 5.92 Å². The van der Waals surface area contributed by atoms with Gasteiger partial charge in [0.15, 0.2) is 0 Å². The van der Waals surface area contributed by atoms with Crippen molar-refractivity contribution >= 4 is 17.3 Å². The van der Waals surface area contributed by atoms with E-state index in [1.54, 1.807) is 0 Å². The molecule has 0 radical (unpaired) electrons. The van der Waals surface area contributed by atoms with Gasteiger partial charge in [-0.3, -0.25) is 4.79 Å². The maximum atomic E-state index is 12.0. The van der Waals surface area contributed by atoms with Crippen molar-refractivity contribution < 1.29 is 4.79 Å². The predicted molar refractivity (Wildman–Crippen MR) is 98.2 cm³/mol. The van der Waals surface area contributed by atoms with Crippen molar-refractivity contribution in [3.63, 3.8) is 0 Å². The molecule has 4 heteroatoms. The Balaban J connectivity index is 1.58. The third-order valence-corrected chi connectivity index (χ3v) is 4.33. The number of anilines is 1. The minimum atomic E-state index is -0.122. The molecule has 124 valence electrons. The third kappa shape index (κ3) is 4.44. The quantitative estimate of drug-likeness (QED) is 0.820. The molecule has 0 bridgehead atoms. The van der Waals surface area contributed by atoms with Gasteiger partial charge in [-0.15, -0.1) is 0 Å². The molecule has 1 saturated carbocycles. The molecule has 0 saturated heterocycles. The summed E-state index contributed by atoms with van der Waals surface area (Å²) in [6.07, 6.45) is 4.40. The molecule has 0 aliphatic heterocycles. The zero-order valence-electron chi connectivity index (χ0n) is 13.7. The van der Waals surface area contributed by atoms with Crippen LogP contribution in [-0.4, -0.2) is 18.2 Å². The first-order chi connectivity index (χ1) is 11.8. The van der Waals surface area contributed by atoms with Crippen LogP contribution >= 0.6 is 0 Å². The smallest absolute Gasteiger partial charge is 0.259 e. The standard InChI is InChI=1S/C20H23N3O/c24-20(15-21-17-11-5-2-6-12-17)23-22-19-14-8-7-13-18(19)16-9-3-1-4-10-16/h1-6,9-12,18,21H,7-8,13-15H2,(H,23,24)/t18-/m0/s1. The largest absolute Gasteiger partial charge is 0.376 e. The van der Waals surface area contributed by atoms with Crippen LogP contribution in [0, 0.1) is 0 Å². The number of benzene rings is 2. The molecule has 1 aliphatic carbocycles. The van der Waals surface area contributed by atoms with Gasteiger partial charge in [-0.1, -0.05) is 55.0 Å². The summed E-state index contributed by atoms with van der Waals surface area (Å²) < 4.78 is 0. The molecule has 3 rings (SSSR count). The van der Waals surface area contributed by atoms with Gasteiger partial charge in [0.2, 0.25) is 0 Å². The molecule has 2 aromatic carbocycles. The van der Waals surface area contributed by atoms with Crippen molar-refractivity contribution in [1.82, 2.24) is 5.43 Å². The lowest BCUT2D eigenvalue weighted by atomic mass is 9.82. The van der Waals surface area contributed by atoms with Crippen molar-refractivity contribution in [3.8, 4) is 0 Å². The van der Waals surface area contributed by atoms with E-state index in [4.69, 9.17) is 0 Å². The van der Waals surface area contributed by atoms with Crippen molar-refractivity contribution in [2.45, 2.75) is 31.6 Å². The lowest BCUT2D eigenvalue weighted by Crippen LogP contribution is -2.29. The summed E-state index contributed by atoms with van der Waals surface area (Å²) in [5.41, 5.74) is 6.01. The average molecular weight is 321 g/mol. The Labute approximate surface area is 143 Å². The van der Waals surface area contributed by atoms with E-state index in [1.165, 1.54) is 12.0 Å². The summed E-state index contributed by atoms with van der Waals surface area (Å²) in [6, 6.07) is 20.1. The Morgan fingerprint density at radius 2 is 1.71 bits per heavy atom. The normalized spacial score (nSPS) is 19.0. The summed E-state index contributed by atoms with van der Waals surface area (Å²) in [7, 11) is 0. The van der Waals surface area contributed by atoms with E-state index in [1.807, 2.05) is 36.4 Å². The molecule has 24 heavy (non-hydrogen) atoms. The highest BCUT2D eigenvalue weighted by molar-refractivity contribution is 5.93. The number of amides is 1. The zero-order chi connectivity index (χ0) is 16.6. The summed E-state index contributed by atoms with van der Waals surface area (Å²) in [6.45, 7) is 0.219. The van der Waals surface area contributed by atoms with Crippen molar-refractivity contribution in [3.05, 3.63) is 66.2 Å². The van der Waals surface area contributed by atoms with E-state index >= 15 is 0 Å². The molecule has 1 aliphatic rings. The number of hydrogen-bond donors (Lipinski definition) is 2. The number of carbonyl (C=O) groups is 1. The lowest BCUT2D eigenvalue weighted by Gasteiger charge is -2.24. The van der Waals surface area contributed by atoms with Gasteiger partial charge in [-0.05, 0) is 37.0 Å². The lowest BCUT2D eigenvalue weighted by molar-refractivity contribution is -0.119. The molecule has 0 aromatic heterocycles. The Morgan fingerprint density at radius 1 is 1.00 bits per heavy atom. The van der Waals surface area contributed by atoms with E-state index in [9.17, 15) is 4.79 Å². The molecule has 1 fully saturated rings. The summed E-state index contributed by atoms with van der Waals surface area (Å²) >= 11 is 0. The highest BCUT2D eigenvalue weighted by atomic mass is 16.2. The Bertz CT molecular complexity index is 683. The SMILES string of the molecule is O=C(CNc1ccccc1)NN=C1CCCC[C@H]1c1ccccc1. The first-order valence-corrected chi connectivity index (χ1v) is 8.52. The molecular formula is C20H23N3O. The molecule has 2 N–H and O–H groups in total. The van der Waals surface area contributed by atoms with Gasteiger partial charge < -0.3 is 5.32 Å². The Hall–Kier alpha value is -2.62. The number of hydrogen-bond acceptors (Lipinski definition) is 3. The van der Waals surface area contributed by atoms with Crippen LogP contribution in [-0.2, 0) is 4.79 Å². The predicted octanol–water partition coefficient (Wildman–Crippen LogP) is 3.93. The minimum Gasteiger partial charge on any atom is -0.376 e. The molecule has 0 unspecified atom stereocenters. The van der Waals surface area contributed by atoms with Crippen molar-refractivity contribution in [2.75, 3.05) is 11.9 Å². The molecule has 0 heterocycles.